The Hall–Kier alpha value is -3.08. The molecule has 0 radical (unpaired) electrons. The molecule has 6 rings (SSSR count). The standard InChI is InChI=1S/C32H38N2O3/c1-19-4-3-5-25-22(18-34-31(19)25)13-15-33-29(37)11-7-21-17-28(36)32(2)14-12-26-24-10-8-23(35)16-20(24)6-9-27(26)30(21)32/h3-5,8,10,16,18,21,26-27,30,34-35H,6-7,9,11-15,17H2,1-2H3,(H,33,37)/t21?,26-,27-,30+,32-/m1/s1. The minimum atomic E-state index is -0.246. The van der Waals surface area contributed by atoms with Crippen molar-refractivity contribution in [3.63, 3.8) is 0 Å². The lowest BCUT2D eigenvalue weighted by atomic mass is 9.54. The quantitative estimate of drug-likeness (QED) is 0.391. The Bertz CT molecular complexity index is 1360. The Morgan fingerprint density at radius 2 is 2.08 bits per heavy atom. The summed E-state index contributed by atoms with van der Waals surface area (Å²) < 4.78 is 0. The number of amides is 1. The average molecular weight is 499 g/mol. The lowest BCUT2D eigenvalue weighted by Gasteiger charge is -2.50. The van der Waals surface area contributed by atoms with Crippen LogP contribution in [-0.4, -0.2) is 28.3 Å². The highest BCUT2D eigenvalue weighted by atomic mass is 16.3. The summed E-state index contributed by atoms with van der Waals surface area (Å²) in [5.74, 6) is 2.43. The van der Waals surface area contributed by atoms with E-state index in [1.54, 1.807) is 0 Å². The number of H-pyrrole nitrogens is 1. The molecule has 0 saturated heterocycles. The van der Waals surface area contributed by atoms with Gasteiger partial charge >= 0.3 is 0 Å². The van der Waals surface area contributed by atoms with Crippen molar-refractivity contribution < 1.29 is 14.7 Å². The molecule has 3 N–H and O–H groups in total. The van der Waals surface area contributed by atoms with Crippen molar-refractivity contribution in [3.8, 4) is 5.75 Å². The van der Waals surface area contributed by atoms with Gasteiger partial charge in [0.05, 0.1) is 0 Å². The number of hydrogen-bond donors (Lipinski definition) is 3. The first-order valence-electron chi connectivity index (χ1n) is 14.0. The zero-order valence-corrected chi connectivity index (χ0v) is 22.0. The summed E-state index contributed by atoms with van der Waals surface area (Å²) in [6.45, 7) is 4.93. The van der Waals surface area contributed by atoms with Gasteiger partial charge in [-0.15, -0.1) is 0 Å². The summed E-state index contributed by atoms with van der Waals surface area (Å²) in [6.07, 6.45) is 8.76. The van der Waals surface area contributed by atoms with Crippen LogP contribution in [-0.2, 0) is 22.4 Å². The number of phenolic OH excluding ortho intramolecular Hbond substituents is 1. The summed E-state index contributed by atoms with van der Waals surface area (Å²) in [5, 5.41) is 14.3. The highest BCUT2D eigenvalue weighted by Gasteiger charge is 2.58. The molecule has 0 bridgehead atoms. The van der Waals surface area contributed by atoms with Gasteiger partial charge in [0.25, 0.3) is 0 Å². The third-order valence-corrected chi connectivity index (χ3v) is 10.0. The Kier molecular flexibility index (Phi) is 6.13. The maximum atomic E-state index is 13.2. The van der Waals surface area contributed by atoms with E-state index in [4.69, 9.17) is 0 Å². The number of benzene rings is 2. The number of para-hydroxylation sites is 1. The number of carbonyl (C=O) groups excluding carboxylic acids is 2. The number of nitrogens with one attached hydrogen (secondary N) is 2. The second-order valence-electron chi connectivity index (χ2n) is 12.0. The smallest absolute Gasteiger partial charge is 0.220 e. The van der Waals surface area contributed by atoms with Gasteiger partial charge in [0.15, 0.2) is 0 Å². The molecule has 37 heavy (non-hydrogen) atoms. The second kappa shape index (κ2) is 9.34. The van der Waals surface area contributed by atoms with Crippen molar-refractivity contribution in [2.45, 2.75) is 71.1 Å². The maximum Gasteiger partial charge on any atom is 0.220 e. The average Bonchev–Trinajstić information content (AvgIpc) is 3.41. The molecule has 0 aliphatic heterocycles. The highest BCUT2D eigenvalue weighted by Crippen LogP contribution is 2.62. The summed E-state index contributed by atoms with van der Waals surface area (Å²) in [7, 11) is 0. The molecule has 5 nitrogen and oxygen atoms in total. The number of aromatic amines is 1. The predicted octanol–water partition coefficient (Wildman–Crippen LogP) is 5.97. The van der Waals surface area contributed by atoms with Crippen LogP contribution >= 0.6 is 0 Å². The topological polar surface area (TPSA) is 82.2 Å². The Morgan fingerprint density at radius 3 is 2.95 bits per heavy atom. The fraction of sp³-hybridized carbons (Fsp3) is 0.500. The predicted molar refractivity (Wildman–Crippen MR) is 146 cm³/mol. The molecule has 3 aromatic rings. The van der Waals surface area contributed by atoms with Gasteiger partial charge in [0.1, 0.15) is 11.5 Å². The van der Waals surface area contributed by atoms with Crippen LogP contribution in [0.25, 0.3) is 10.9 Å². The number of fused-ring (bicyclic) bond motifs is 6. The van der Waals surface area contributed by atoms with Gasteiger partial charge in [0, 0.05) is 41.9 Å². The number of aromatic nitrogens is 1. The van der Waals surface area contributed by atoms with E-state index in [1.807, 2.05) is 12.1 Å². The Labute approximate surface area is 219 Å². The number of ketones is 1. The van der Waals surface area contributed by atoms with Crippen LogP contribution < -0.4 is 5.32 Å². The molecule has 5 heteroatoms. The molecule has 1 unspecified atom stereocenters. The lowest BCUT2D eigenvalue weighted by Crippen LogP contribution is -2.44. The molecule has 2 aromatic carbocycles. The van der Waals surface area contributed by atoms with Crippen LogP contribution in [0.3, 0.4) is 0 Å². The lowest BCUT2D eigenvalue weighted by molar-refractivity contribution is -0.129. The second-order valence-corrected chi connectivity index (χ2v) is 12.0. The van der Waals surface area contributed by atoms with Crippen LogP contribution in [0.15, 0.2) is 42.6 Å². The largest absolute Gasteiger partial charge is 0.508 e. The van der Waals surface area contributed by atoms with E-state index in [0.717, 1.165) is 38.5 Å². The summed E-state index contributed by atoms with van der Waals surface area (Å²) >= 11 is 0. The number of aromatic hydroxyl groups is 1. The maximum absolute atomic E-state index is 13.2. The third kappa shape index (κ3) is 4.17. The van der Waals surface area contributed by atoms with Crippen molar-refractivity contribution >= 4 is 22.6 Å². The van der Waals surface area contributed by atoms with E-state index >= 15 is 0 Å². The van der Waals surface area contributed by atoms with Gasteiger partial charge in [-0.2, -0.15) is 0 Å². The number of hydrogen-bond acceptors (Lipinski definition) is 3. The number of rotatable bonds is 6. The van der Waals surface area contributed by atoms with Crippen LogP contribution in [0.4, 0.5) is 0 Å². The molecular formula is C32H38N2O3. The zero-order chi connectivity index (χ0) is 25.7. The molecule has 3 aliphatic carbocycles. The molecule has 194 valence electrons. The van der Waals surface area contributed by atoms with Gasteiger partial charge in [-0.25, -0.2) is 0 Å². The minimum absolute atomic E-state index is 0.0916. The first-order chi connectivity index (χ1) is 17.8. The van der Waals surface area contributed by atoms with E-state index in [2.05, 4.69) is 54.6 Å². The van der Waals surface area contributed by atoms with Crippen LogP contribution in [0, 0.1) is 30.1 Å². The van der Waals surface area contributed by atoms with Gasteiger partial charge < -0.3 is 15.4 Å². The van der Waals surface area contributed by atoms with E-state index in [9.17, 15) is 14.7 Å². The molecule has 3 aliphatic rings. The van der Waals surface area contributed by atoms with Crippen molar-refractivity contribution in [2.75, 3.05) is 6.54 Å². The summed E-state index contributed by atoms with van der Waals surface area (Å²) in [4.78, 5) is 29.4. The molecule has 5 atom stereocenters. The number of Topliss-reactive ketones (excluding diaryl/α,β-unsaturated/α-hetero) is 1. The first kappa shape index (κ1) is 24.3. The minimum Gasteiger partial charge on any atom is -0.508 e. The molecule has 0 spiro atoms. The van der Waals surface area contributed by atoms with Crippen molar-refractivity contribution in [3.05, 3.63) is 64.8 Å². The molecule has 2 saturated carbocycles. The van der Waals surface area contributed by atoms with Crippen molar-refractivity contribution in [1.29, 1.82) is 0 Å². The molecule has 1 aromatic heterocycles. The van der Waals surface area contributed by atoms with Gasteiger partial charge in [-0.1, -0.05) is 31.2 Å². The Balaban J connectivity index is 1.09. The molecule has 2 fully saturated rings. The number of carbonyl (C=O) groups is 2. The summed E-state index contributed by atoms with van der Waals surface area (Å²) in [5.41, 5.74) is 6.04. The Morgan fingerprint density at radius 1 is 1.22 bits per heavy atom. The fourth-order valence-electron chi connectivity index (χ4n) is 8.21. The van der Waals surface area contributed by atoms with E-state index < -0.39 is 0 Å². The van der Waals surface area contributed by atoms with Gasteiger partial charge in [-0.3, -0.25) is 9.59 Å². The van der Waals surface area contributed by atoms with Crippen molar-refractivity contribution in [1.82, 2.24) is 10.3 Å². The van der Waals surface area contributed by atoms with Crippen LogP contribution in [0.2, 0.25) is 0 Å². The molecule has 1 heterocycles. The highest BCUT2D eigenvalue weighted by molar-refractivity contribution is 5.88. The van der Waals surface area contributed by atoms with Gasteiger partial charge in [0.2, 0.25) is 5.91 Å². The monoisotopic (exact) mass is 498 g/mol. The van der Waals surface area contributed by atoms with Crippen molar-refractivity contribution in [2.24, 2.45) is 23.2 Å². The third-order valence-electron chi connectivity index (χ3n) is 10.0. The normalized spacial score (nSPS) is 28.5. The van der Waals surface area contributed by atoms with E-state index in [1.165, 1.54) is 33.2 Å². The van der Waals surface area contributed by atoms with E-state index in [-0.39, 0.29) is 17.2 Å². The fourth-order valence-corrected chi connectivity index (χ4v) is 8.21. The molecular weight excluding hydrogens is 460 g/mol. The first-order valence-corrected chi connectivity index (χ1v) is 14.0. The summed E-state index contributed by atoms with van der Waals surface area (Å²) in [6, 6.07) is 12.2. The van der Waals surface area contributed by atoms with E-state index in [0.29, 0.717) is 48.7 Å². The number of phenols is 1. The SMILES string of the molecule is Cc1cccc2c(CCNC(=O)CCC3CC(=O)[C@@]4(C)CC[C@@H]5c6ccc(O)cc6CC[C@H]5[C@H]34)c[nH]c12. The van der Waals surface area contributed by atoms with Crippen LogP contribution in [0.5, 0.6) is 5.75 Å². The zero-order valence-electron chi connectivity index (χ0n) is 22.0. The molecule has 1 amide bonds. The van der Waals surface area contributed by atoms with Crippen LogP contribution in [0.1, 0.15) is 73.6 Å². The van der Waals surface area contributed by atoms with Gasteiger partial charge in [-0.05, 0) is 104 Å². The number of aryl methyl sites for hydroxylation is 2.